The molecule has 0 radical (unpaired) electrons. The number of nitrogens with one attached hydrogen (secondary N) is 1. The van der Waals surface area contributed by atoms with Crippen LogP contribution < -0.4 is 5.32 Å². The van der Waals surface area contributed by atoms with Gasteiger partial charge in [0.1, 0.15) is 17.3 Å². The second-order valence-electron chi connectivity index (χ2n) is 8.20. The topological polar surface area (TPSA) is 80.2 Å². The summed E-state index contributed by atoms with van der Waals surface area (Å²) in [7, 11) is 0. The summed E-state index contributed by atoms with van der Waals surface area (Å²) in [5.74, 6) is 0.445. The Labute approximate surface area is 200 Å². The number of morpholine rings is 1. The maximum absolute atomic E-state index is 13.4. The van der Waals surface area contributed by atoms with Crippen molar-refractivity contribution < 1.29 is 18.3 Å². The molecule has 1 fully saturated rings. The summed E-state index contributed by atoms with van der Waals surface area (Å²) >= 11 is 0. The number of fused-ring (bicyclic) bond motifs is 1. The number of benzene rings is 2. The number of halogens is 2. The van der Waals surface area contributed by atoms with Crippen LogP contribution in [0.2, 0.25) is 0 Å². The number of rotatable bonds is 6. The molecule has 1 saturated heterocycles. The Bertz CT molecular complexity index is 1360. The molecule has 7 nitrogen and oxygen atoms in total. The van der Waals surface area contributed by atoms with Gasteiger partial charge in [0.15, 0.2) is 0 Å². The highest BCUT2D eigenvalue weighted by molar-refractivity contribution is 6.08. The molecule has 0 spiro atoms. The first-order chi connectivity index (χ1) is 17.1. The fourth-order valence-corrected chi connectivity index (χ4v) is 4.03. The van der Waals surface area contributed by atoms with Gasteiger partial charge in [-0.3, -0.25) is 9.69 Å². The van der Waals surface area contributed by atoms with Gasteiger partial charge >= 0.3 is 0 Å². The lowest BCUT2D eigenvalue weighted by molar-refractivity contribution is 0.0331. The van der Waals surface area contributed by atoms with E-state index in [4.69, 9.17) is 4.74 Å². The van der Waals surface area contributed by atoms with E-state index in [1.807, 2.05) is 18.2 Å². The molecule has 0 bridgehead atoms. The molecular weight excluding hydrogens is 452 g/mol. The number of anilines is 1. The molecule has 9 heteroatoms. The van der Waals surface area contributed by atoms with Gasteiger partial charge in [0, 0.05) is 35.8 Å². The van der Waals surface area contributed by atoms with Crippen LogP contribution in [0.4, 0.5) is 14.6 Å². The quantitative estimate of drug-likeness (QED) is 0.435. The molecule has 4 aromatic rings. The highest BCUT2D eigenvalue weighted by atomic mass is 19.3. The predicted molar refractivity (Wildman–Crippen MR) is 128 cm³/mol. The Morgan fingerprint density at radius 2 is 1.86 bits per heavy atom. The first-order valence-corrected chi connectivity index (χ1v) is 11.3. The maximum atomic E-state index is 13.4. The normalized spacial score (nSPS) is 14.4. The van der Waals surface area contributed by atoms with Crippen LogP contribution in [0, 0.1) is 0 Å². The molecule has 35 heavy (non-hydrogen) atoms. The number of hydrogen-bond acceptors (Lipinski definition) is 6. The van der Waals surface area contributed by atoms with Crippen LogP contribution in [0.15, 0.2) is 66.9 Å². The number of carbonyl (C=O) groups excluding carboxylic acids is 1. The van der Waals surface area contributed by atoms with Crippen molar-refractivity contribution in [3.63, 3.8) is 0 Å². The number of aromatic nitrogens is 3. The van der Waals surface area contributed by atoms with Crippen LogP contribution in [0.1, 0.15) is 28.3 Å². The summed E-state index contributed by atoms with van der Waals surface area (Å²) in [5.41, 5.74) is 1.59. The van der Waals surface area contributed by atoms with Gasteiger partial charge < -0.3 is 10.1 Å². The van der Waals surface area contributed by atoms with Crippen molar-refractivity contribution in [3.05, 3.63) is 83.9 Å². The van der Waals surface area contributed by atoms with E-state index in [9.17, 15) is 13.6 Å². The highest BCUT2D eigenvalue weighted by Crippen LogP contribution is 2.30. The van der Waals surface area contributed by atoms with Gasteiger partial charge in [-0.25, -0.2) is 23.7 Å². The number of nitrogens with zero attached hydrogens (tertiary/aromatic N) is 4. The van der Waals surface area contributed by atoms with Gasteiger partial charge in [-0.05, 0) is 29.8 Å². The van der Waals surface area contributed by atoms with Gasteiger partial charge in [0.25, 0.3) is 12.3 Å². The first-order valence-electron chi connectivity index (χ1n) is 11.3. The van der Waals surface area contributed by atoms with Crippen LogP contribution in [0.25, 0.3) is 22.0 Å². The van der Waals surface area contributed by atoms with Crippen molar-refractivity contribution in [3.8, 4) is 11.1 Å². The number of para-hydroxylation sites is 1. The van der Waals surface area contributed by atoms with Crippen molar-refractivity contribution in [1.29, 1.82) is 0 Å². The number of carbonyl (C=O) groups is 1. The molecule has 0 unspecified atom stereocenters. The molecule has 0 aliphatic carbocycles. The molecule has 3 heterocycles. The van der Waals surface area contributed by atoms with E-state index >= 15 is 0 Å². The van der Waals surface area contributed by atoms with Crippen LogP contribution in [0.3, 0.4) is 0 Å². The Kier molecular flexibility index (Phi) is 6.69. The van der Waals surface area contributed by atoms with E-state index in [0.717, 1.165) is 18.5 Å². The molecule has 5 rings (SSSR count). The van der Waals surface area contributed by atoms with Gasteiger partial charge in [0.2, 0.25) is 0 Å². The zero-order chi connectivity index (χ0) is 24.2. The Balaban J connectivity index is 1.47. The third kappa shape index (κ3) is 5.31. The molecule has 1 amide bonds. The van der Waals surface area contributed by atoms with Crippen LogP contribution >= 0.6 is 0 Å². The van der Waals surface area contributed by atoms with Crippen molar-refractivity contribution >= 4 is 22.6 Å². The molecule has 0 atom stereocenters. The zero-order valence-electron chi connectivity index (χ0n) is 18.8. The number of pyridine rings is 1. The van der Waals surface area contributed by atoms with Gasteiger partial charge in [-0.2, -0.15) is 0 Å². The molecule has 1 N–H and O–H groups in total. The molecule has 2 aromatic carbocycles. The summed E-state index contributed by atoms with van der Waals surface area (Å²) in [6.45, 7) is 3.47. The number of alkyl halides is 2. The van der Waals surface area contributed by atoms with E-state index in [1.54, 1.807) is 36.5 Å². The summed E-state index contributed by atoms with van der Waals surface area (Å²) in [5, 5.41) is 3.61. The van der Waals surface area contributed by atoms with Gasteiger partial charge in [-0.15, -0.1) is 0 Å². The van der Waals surface area contributed by atoms with Crippen LogP contribution in [-0.2, 0) is 11.3 Å². The molecule has 1 aliphatic rings. The SMILES string of the molecule is O=C(Nc1ccnc(CN2CCOCC2)n1)c1nc2ccccc2cc1-c1cccc(C(F)F)c1. The van der Waals surface area contributed by atoms with Crippen molar-refractivity contribution in [2.75, 3.05) is 31.6 Å². The number of hydrogen-bond donors (Lipinski definition) is 1. The largest absolute Gasteiger partial charge is 0.379 e. The molecule has 2 aromatic heterocycles. The fourth-order valence-electron chi connectivity index (χ4n) is 4.03. The van der Waals surface area contributed by atoms with E-state index < -0.39 is 12.3 Å². The smallest absolute Gasteiger partial charge is 0.276 e. The summed E-state index contributed by atoms with van der Waals surface area (Å²) in [6, 6.07) is 16.8. The first kappa shape index (κ1) is 22.9. The minimum Gasteiger partial charge on any atom is -0.379 e. The molecular formula is C26H23F2N5O2. The number of amides is 1. The Hall–Kier alpha value is -3.82. The van der Waals surface area contributed by atoms with Crippen molar-refractivity contribution in [2.24, 2.45) is 0 Å². The van der Waals surface area contributed by atoms with Crippen molar-refractivity contribution in [2.45, 2.75) is 13.0 Å². The Morgan fingerprint density at radius 3 is 2.69 bits per heavy atom. The predicted octanol–water partition coefficient (Wildman–Crippen LogP) is 4.71. The lowest BCUT2D eigenvalue weighted by Crippen LogP contribution is -2.36. The summed E-state index contributed by atoms with van der Waals surface area (Å²) in [4.78, 5) is 28.9. The van der Waals surface area contributed by atoms with E-state index in [1.165, 1.54) is 12.1 Å². The van der Waals surface area contributed by atoms with Gasteiger partial charge in [-0.1, -0.05) is 36.4 Å². The lowest BCUT2D eigenvalue weighted by atomic mass is 9.99. The van der Waals surface area contributed by atoms with Crippen LogP contribution in [0.5, 0.6) is 0 Å². The zero-order valence-corrected chi connectivity index (χ0v) is 18.8. The Morgan fingerprint density at radius 1 is 1.03 bits per heavy atom. The molecule has 1 aliphatic heterocycles. The lowest BCUT2D eigenvalue weighted by Gasteiger charge is -2.25. The van der Waals surface area contributed by atoms with Gasteiger partial charge in [0.05, 0.1) is 25.3 Å². The van der Waals surface area contributed by atoms with E-state index in [-0.39, 0.29) is 11.3 Å². The second-order valence-corrected chi connectivity index (χ2v) is 8.20. The van der Waals surface area contributed by atoms with E-state index in [0.29, 0.717) is 48.0 Å². The van der Waals surface area contributed by atoms with Crippen molar-refractivity contribution in [1.82, 2.24) is 19.9 Å². The monoisotopic (exact) mass is 475 g/mol. The fraction of sp³-hybridized carbons (Fsp3) is 0.231. The minimum atomic E-state index is -2.62. The van der Waals surface area contributed by atoms with Crippen LogP contribution in [-0.4, -0.2) is 52.1 Å². The molecule has 178 valence electrons. The third-order valence-corrected chi connectivity index (χ3v) is 5.80. The average Bonchev–Trinajstić information content (AvgIpc) is 2.89. The maximum Gasteiger partial charge on any atom is 0.276 e. The highest BCUT2D eigenvalue weighted by Gasteiger charge is 2.19. The standard InChI is InChI=1S/C26H23F2N5O2/c27-25(28)19-6-3-5-17(14-19)20-15-18-4-1-2-7-21(18)30-24(20)26(34)32-22-8-9-29-23(31-22)16-33-10-12-35-13-11-33/h1-9,14-15,25H,10-13,16H2,(H,29,31,32,34). The number of ether oxygens (including phenoxy) is 1. The average molecular weight is 475 g/mol. The minimum absolute atomic E-state index is 0.120. The molecule has 0 saturated carbocycles. The third-order valence-electron chi connectivity index (χ3n) is 5.80. The summed E-state index contributed by atoms with van der Waals surface area (Å²) in [6.07, 6.45) is -1.02. The van der Waals surface area contributed by atoms with E-state index in [2.05, 4.69) is 25.2 Å². The summed E-state index contributed by atoms with van der Waals surface area (Å²) < 4.78 is 32.1. The second kappa shape index (κ2) is 10.2.